The smallest absolute Gasteiger partial charge is 0.316 e. The summed E-state index contributed by atoms with van der Waals surface area (Å²) < 4.78 is 11.9. The highest BCUT2D eigenvalue weighted by Crippen LogP contribution is 2.55. The molecule has 10 rings (SSSR count). The van der Waals surface area contributed by atoms with Gasteiger partial charge in [-0.15, -0.1) is 0 Å². The molecule has 3 saturated heterocycles. The maximum Gasteiger partial charge on any atom is 0.316 e. The number of aromatic amines is 2. The largest absolute Gasteiger partial charge is 0.496 e. The average molecular weight is 677 g/mol. The van der Waals surface area contributed by atoms with Crippen molar-refractivity contribution >= 4 is 27.8 Å². The van der Waals surface area contributed by atoms with Crippen LogP contribution in [0.1, 0.15) is 79.4 Å². The number of carbonyl (C=O) groups is 1. The predicted molar refractivity (Wildman–Crippen MR) is 197 cm³/mol. The fourth-order valence-electron chi connectivity index (χ4n) is 12.0. The number of benzene rings is 2. The van der Waals surface area contributed by atoms with Crippen molar-refractivity contribution in [3.8, 4) is 5.75 Å². The number of allylic oxidation sites excluding steroid dienone is 1. The standard InChI is InChI=1S/C42H52N4O4/c1-6-24-14-23-15-32-38-27(12-13-46(20-23)40(24)32)28-16-29(36(49-4)19-35(28)44-38)30-17-33-25(7-2)21-45(3)37(42(33,22-47)41(48)50-5)18-31-26-10-8-9-11-34(26)43-39(30)31/h7-11,16,19,23-24,30,32-33,37,40,43-44,47H,6,12-15,17-18,20-22H2,1-5H3/b25-7-/t23-,24-,30-,32+,33-,37+,40+,42?/m1/s1. The van der Waals surface area contributed by atoms with Gasteiger partial charge in [0.25, 0.3) is 0 Å². The van der Waals surface area contributed by atoms with Gasteiger partial charge in [-0.25, -0.2) is 0 Å². The predicted octanol–water partition coefficient (Wildman–Crippen LogP) is 6.52. The highest BCUT2D eigenvalue weighted by Gasteiger charge is 2.59. The molecule has 2 aliphatic carbocycles. The second kappa shape index (κ2) is 12.0. The van der Waals surface area contributed by atoms with Gasteiger partial charge >= 0.3 is 5.97 Å². The molecule has 3 N–H and O–H groups in total. The second-order valence-electron chi connectivity index (χ2n) is 16.1. The number of aromatic nitrogens is 2. The van der Waals surface area contributed by atoms with Crippen LogP contribution in [-0.4, -0.2) is 90.4 Å². The molecule has 6 bridgehead atoms. The lowest BCUT2D eigenvalue weighted by Crippen LogP contribution is -2.63. The molecule has 264 valence electrons. The molecule has 6 heterocycles. The number of likely N-dealkylation sites (tertiary alicyclic amines) is 1. The minimum absolute atomic E-state index is 0.101. The third-order valence-electron chi connectivity index (χ3n) is 14.1. The van der Waals surface area contributed by atoms with Gasteiger partial charge in [-0.2, -0.15) is 0 Å². The lowest BCUT2D eigenvalue weighted by molar-refractivity contribution is -0.169. The van der Waals surface area contributed by atoms with Crippen molar-refractivity contribution in [3.63, 3.8) is 0 Å². The Morgan fingerprint density at radius 3 is 2.64 bits per heavy atom. The summed E-state index contributed by atoms with van der Waals surface area (Å²) in [5, 5.41) is 13.9. The lowest BCUT2D eigenvalue weighted by atomic mass is 9.58. The van der Waals surface area contributed by atoms with Gasteiger partial charge < -0.3 is 24.5 Å². The van der Waals surface area contributed by atoms with E-state index >= 15 is 0 Å². The fourth-order valence-corrected chi connectivity index (χ4v) is 12.0. The number of rotatable bonds is 5. The van der Waals surface area contributed by atoms with Crippen LogP contribution in [-0.2, 0) is 22.4 Å². The van der Waals surface area contributed by atoms with E-state index in [1.807, 2.05) is 0 Å². The van der Waals surface area contributed by atoms with E-state index in [2.05, 4.69) is 83.1 Å². The van der Waals surface area contributed by atoms with Gasteiger partial charge in [0.05, 0.1) is 20.8 Å². The van der Waals surface area contributed by atoms with Crippen LogP contribution in [0.3, 0.4) is 0 Å². The number of nitrogens with one attached hydrogen (secondary N) is 2. The molecule has 6 aliphatic rings. The summed E-state index contributed by atoms with van der Waals surface area (Å²) in [6, 6.07) is 13.6. The first-order chi connectivity index (χ1) is 24.3. The number of carbonyl (C=O) groups excluding carboxylic acids is 1. The number of ether oxygens (including phenoxy) is 2. The molecular weight excluding hydrogens is 624 g/mol. The number of aliphatic hydroxyl groups excluding tert-OH is 1. The monoisotopic (exact) mass is 676 g/mol. The number of esters is 1. The number of likely N-dealkylation sites (N-methyl/N-ethyl adjacent to an activating group) is 1. The first kappa shape index (κ1) is 32.3. The topological polar surface area (TPSA) is 93.8 Å². The molecule has 0 radical (unpaired) electrons. The summed E-state index contributed by atoms with van der Waals surface area (Å²) >= 11 is 0. The molecule has 0 amide bonds. The number of methoxy groups -OCH3 is 2. The van der Waals surface area contributed by atoms with E-state index in [-0.39, 0.29) is 30.5 Å². The van der Waals surface area contributed by atoms with E-state index < -0.39 is 5.41 Å². The zero-order valence-corrected chi connectivity index (χ0v) is 30.2. The molecule has 50 heavy (non-hydrogen) atoms. The Balaban J connectivity index is 1.27. The number of hydrogen-bond donors (Lipinski definition) is 3. The third-order valence-corrected chi connectivity index (χ3v) is 14.1. The number of aliphatic hydroxyl groups is 1. The number of fused-ring (bicyclic) bond motifs is 9. The van der Waals surface area contributed by atoms with E-state index in [9.17, 15) is 9.90 Å². The van der Waals surface area contributed by atoms with Crippen molar-refractivity contribution in [1.29, 1.82) is 0 Å². The van der Waals surface area contributed by atoms with Crippen molar-refractivity contribution in [2.24, 2.45) is 23.2 Å². The van der Waals surface area contributed by atoms with Crippen molar-refractivity contribution in [2.75, 3.05) is 47.5 Å². The number of H-pyrrole nitrogens is 2. The van der Waals surface area contributed by atoms with Gasteiger partial charge in [-0.3, -0.25) is 14.6 Å². The van der Waals surface area contributed by atoms with Crippen molar-refractivity contribution < 1.29 is 19.4 Å². The Labute approximate surface area is 295 Å². The van der Waals surface area contributed by atoms with E-state index in [0.717, 1.165) is 53.7 Å². The third kappa shape index (κ3) is 4.43. The summed E-state index contributed by atoms with van der Waals surface area (Å²) in [5.74, 6) is 2.32. The van der Waals surface area contributed by atoms with Crippen LogP contribution in [0, 0.1) is 23.2 Å². The zero-order valence-electron chi connectivity index (χ0n) is 30.2. The molecule has 2 unspecified atom stereocenters. The molecular formula is C42H52N4O4. The number of piperidine rings is 3. The molecule has 8 nitrogen and oxygen atoms in total. The summed E-state index contributed by atoms with van der Waals surface area (Å²) in [5.41, 5.74) is 8.79. The molecule has 8 heteroatoms. The second-order valence-corrected chi connectivity index (χ2v) is 16.1. The van der Waals surface area contributed by atoms with E-state index in [0.29, 0.717) is 24.8 Å². The molecule has 2 aromatic heterocycles. The van der Waals surface area contributed by atoms with Gasteiger partial charge in [0.1, 0.15) is 11.2 Å². The molecule has 1 saturated carbocycles. The molecule has 4 aromatic rings. The van der Waals surface area contributed by atoms with Crippen LogP contribution >= 0.6 is 0 Å². The van der Waals surface area contributed by atoms with Gasteiger partial charge in [0.15, 0.2) is 0 Å². The summed E-state index contributed by atoms with van der Waals surface area (Å²) in [7, 11) is 5.33. The Morgan fingerprint density at radius 2 is 1.88 bits per heavy atom. The molecule has 0 spiro atoms. The van der Waals surface area contributed by atoms with Crippen LogP contribution < -0.4 is 4.74 Å². The quantitative estimate of drug-likeness (QED) is 0.165. The minimum Gasteiger partial charge on any atom is -0.496 e. The normalized spacial score (nSPS) is 34.2. The van der Waals surface area contributed by atoms with Gasteiger partial charge in [-0.05, 0) is 81.2 Å². The highest BCUT2D eigenvalue weighted by atomic mass is 16.5. The molecule has 4 fully saturated rings. The summed E-state index contributed by atoms with van der Waals surface area (Å²) in [4.78, 5) is 27.1. The molecule has 4 aliphatic heterocycles. The maximum atomic E-state index is 14.1. The van der Waals surface area contributed by atoms with E-state index in [4.69, 9.17) is 9.47 Å². The van der Waals surface area contributed by atoms with E-state index in [1.54, 1.807) is 7.11 Å². The van der Waals surface area contributed by atoms with Crippen LogP contribution in [0.4, 0.5) is 0 Å². The zero-order chi connectivity index (χ0) is 34.5. The van der Waals surface area contributed by atoms with Crippen molar-refractivity contribution in [2.45, 2.75) is 76.3 Å². The van der Waals surface area contributed by atoms with Crippen LogP contribution in [0.25, 0.3) is 21.8 Å². The first-order valence-electron chi connectivity index (χ1n) is 18.9. The van der Waals surface area contributed by atoms with Crippen LogP contribution in [0.5, 0.6) is 5.75 Å². The SMILES string of the molecule is C/C=C1/CN(C)[C@H]2Cc3c([nH]c4ccccc34)[C@@H](c3cc4c5c([nH]c4cc3OC)[C@@H]3C[C@H]4C[C@@H](CC)[C@@H]3N(CC5)C4)C[C@H]1C2(CO)C(=O)OC. The minimum atomic E-state index is -1.11. The number of hydrogen-bond acceptors (Lipinski definition) is 6. The van der Waals surface area contributed by atoms with Crippen LogP contribution in [0.15, 0.2) is 48.0 Å². The van der Waals surface area contributed by atoms with Crippen molar-refractivity contribution in [3.05, 3.63) is 76.1 Å². The fraction of sp³-hybridized carbons (Fsp3) is 0.548. The number of para-hydroxylation sites is 1. The Bertz CT molecular complexity index is 2010. The molecule has 9 atom stereocenters. The highest BCUT2D eigenvalue weighted by molar-refractivity contribution is 5.89. The number of nitrogens with zero attached hydrogens (tertiary/aromatic N) is 2. The molecule has 2 aromatic carbocycles. The van der Waals surface area contributed by atoms with Gasteiger partial charge in [0.2, 0.25) is 0 Å². The maximum absolute atomic E-state index is 14.1. The van der Waals surface area contributed by atoms with Crippen LogP contribution in [0.2, 0.25) is 0 Å². The summed E-state index contributed by atoms with van der Waals surface area (Å²) in [6.07, 6.45) is 8.39. The van der Waals surface area contributed by atoms with Gasteiger partial charge in [-0.1, -0.05) is 43.2 Å². The van der Waals surface area contributed by atoms with Gasteiger partial charge in [0, 0.05) is 94.3 Å². The Morgan fingerprint density at radius 1 is 1.06 bits per heavy atom. The average Bonchev–Trinajstić information content (AvgIpc) is 3.66. The first-order valence-corrected chi connectivity index (χ1v) is 18.9. The Hall–Kier alpha value is -3.59. The summed E-state index contributed by atoms with van der Waals surface area (Å²) in [6.45, 7) is 7.28. The lowest BCUT2D eigenvalue weighted by Gasteiger charge is -2.53. The van der Waals surface area contributed by atoms with Crippen molar-refractivity contribution in [1.82, 2.24) is 19.8 Å². The van der Waals surface area contributed by atoms with E-state index in [1.165, 1.54) is 71.8 Å². The Kier molecular flexibility index (Phi) is 7.75.